The summed E-state index contributed by atoms with van der Waals surface area (Å²) in [5.41, 5.74) is 0.859. The first-order chi connectivity index (χ1) is 13.0. The predicted octanol–water partition coefficient (Wildman–Crippen LogP) is 0.994. The van der Waals surface area contributed by atoms with Crippen molar-refractivity contribution in [1.82, 2.24) is 25.7 Å². The molecule has 8 heteroatoms. The van der Waals surface area contributed by atoms with Gasteiger partial charge >= 0.3 is 0 Å². The van der Waals surface area contributed by atoms with Gasteiger partial charge in [-0.3, -0.25) is 14.5 Å². The minimum Gasteiger partial charge on any atom is -0.356 e. The Labute approximate surface area is 158 Å². The van der Waals surface area contributed by atoms with Crippen LogP contribution in [0.15, 0.2) is 34.9 Å². The maximum atomic E-state index is 12.3. The standard InChI is InChI=1S/C19H25N5O3/c1-13(2)24-11-10-21-18(26)15(24)12-17(25)20-9-8-16-22-19(27-23-16)14-6-4-3-5-7-14/h3-7,13,15H,8-12H2,1-2H3,(H,20,25)(H,21,26)/t15-/m1/s1. The Bertz CT molecular complexity index is 775. The number of benzene rings is 1. The van der Waals surface area contributed by atoms with E-state index in [1.54, 1.807) is 0 Å². The van der Waals surface area contributed by atoms with E-state index in [2.05, 4.69) is 25.7 Å². The predicted molar refractivity (Wildman–Crippen MR) is 99.7 cm³/mol. The van der Waals surface area contributed by atoms with Gasteiger partial charge in [0.2, 0.25) is 11.8 Å². The molecule has 0 bridgehead atoms. The fraction of sp³-hybridized carbons (Fsp3) is 0.474. The highest BCUT2D eigenvalue weighted by Crippen LogP contribution is 2.16. The van der Waals surface area contributed by atoms with Crippen molar-refractivity contribution in [2.24, 2.45) is 0 Å². The minimum absolute atomic E-state index is 0.0872. The lowest BCUT2D eigenvalue weighted by molar-refractivity contribution is -0.134. The fourth-order valence-electron chi connectivity index (χ4n) is 3.18. The second kappa shape index (κ2) is 8.77. The van der Waals surface area contributed by atoms with Gasteiger partial charge < -0.3 is 15.2 Å². The van der Waals surface area contributed by atoms with Gasteiger partial charge in [0.15, 0.2) is 5.82 Å². The zero-order valence-corrected chi connectivity index (χ0v) is 15.6. The second-order valence-corrected chi connectivity index (χ2v) is 6.82. The van der Waals surface area contributed by atoms with Gasteiger partial charge in [-0.1, -0.05) is 23.4 Å². The average molecular weight is 371 g/mol. The van der Waals surface area contributed by atoms with Crippen LogP contribution < -0.4 is 10.6 Å². The molecule has 0 radical (unpaired) electrons. The summed E-state index contributed by atoms with van der Waals surface area (Å²) in [7, 11) is 0. The molecule has 27 heavy (non-hydrogen) atoms. The van der Waals surface area contributed by atoms with E-state index < -0.39 is 6.04 Å². The van der Waals surface area contributed by atoms with Crippen molar-refractivity contribution in [2.75, 3.05) is 19.6 Å². The molecule has 0 aliphatic carbocycles. The third kappa shape index (κ3) is 4.91. The van der Waals surface area contributed by atoms with Crippen molar-refractivity contribution >= 4 is 11.8 Å². The van der Waals surface area contributed by atoms with Crippen LogP contribution in [0.3, 0.4) is 0 Å². The van der Waals surface area contributed by atoms with E-state index in [9.17, 15) is 9.59 Å². The molecule has 1 aromatic carbocycles. The number of aromatic nitrogens is 2. The summed E-state index contributed by atoms with van der Waals surface area (Å²) in [5.74, 6) is 0.752. The first-order valence-electron chi connectivity index (χ1n) is 9.22. The van der Waals surface area contributed by atoms with Gasteiger partial charge in [0, 0.05) is 37.7 Å². The average Bonchev–Trinajstić information content (AvgIpc) is 3.13. The number of rotatable bonds is 7. The number of piperazine rings is 1. The van der Waals surface area contributed by atoms with Crippen LogP contribution in [0.5, 0.6) is 0 Å². The van der Waals surface area contributed by atoms with Crippen LogP contribution >= 0.6 is 0 Å². The van der Waals surface area contributed by atoms with Crippen molar-refractivity contribution in [3.05, 3.63) is 36.2 Å². The normalized spacial score (nSPS) is 17.7. The molecule has 0 unspecified atom stereocenters. The van der Waals surface area contributed by atoms with Gasteiger partial charge in [0.05, 0.1) is 12.5 Å². The van der Waals surface area contributed by atoms with Crippen LogP contribution in [0.2, 0.25) is 0 Å². The Morgan fingerprint density at radius 3 is 2.89 bits per heavy atom. The minimum atomic E-state index is -0.423. The highest BCUT2D eigenvalue weighted by atomic mass is 16.5. The van der Waals surface area contributed by atoms with Crippen molar-refractivity contribution in [1.29, 1.82) is 0 Å². The first kappa shape index (κ1) is 19.0. The Kier molecular flexibility index (Phi) is 6.18. The topological polar surface area (TPSA) is 100 Å². The zero-order chi connectivity index (χ0) is 19.2. The monoisotopic (exact) mass is 371 g/mol. The molecule has 2 aromatic rings. The van der Waals surface area contributed by atoms with Crippen molar-refractivity contribution in [2.45, 2.75) is 38.8 Å². The van der Waals surface area contributed by atoms with Crippen molar-refractivity contribution < 1.29 is 14.1 Å². The molecule has 1 aliphatic heterocycles. The van der Waals surface area contributed by atoms with Crippen LogP contribution in [-0.4, -0.2) is 58.6 Å². The summed E-state index contributed by atoms with van der Waals surface area (Å²) in [6, 6.07) is 9.31. The Balaban J connectivity index is 1.48. The van der Waals surface area contributed by atoms with E-state index in [4.69, 9.17) is 4.52 Å². The van der Waals surface area contributed by atoms with E-state index in [0.717, 1.165) is 12.1 Å². The van der Waals surface area contributed by atoms with Gasteiger partial charge in [-0.2, -0.15) is 4.98 Å². The molecule has 2 N–H and O–H groups in total. The molecule has 1 atom stereocenters. The highest BCUT2D eigenvalue weighted by Gasteiger charge is 2.32. The molecular formula is C19H25N5O3. The number of nitrogens with zero attached hydrogens (tertiary/aromatic N) is 3. The Hall–Kier alpha value is -2.74. The summed E-state index contributed by atoms with van der Waals surface area (Å²) in [4.78, 5) is 30.8. The lowest BCUT2D eigenvalue weighted by Crippen LogP contribution is -2.58. The number of carbonyl (C=O) groups is 2. The van der Waals surface area contributed by atoms with Crippen LogP contribution in [0, 0.1) is 0 Å². The fourth-order valence-corrected chi connectivity index (χ4v) is 3.18. The first-order valence-corrected chi connectivity index (χ1v) is 9.22. The molecule has 0 spiro atoms. The van der Waals surface area contributed by atoms with Gasteiger partial charge in [-0.15, -0.1) is 0 Å². The molecular weight excluding hydrogens is 346 g/mol. The van der Waals surface area contributed by atoms with E-state index in [0.29, 0.717) is 31.2 Å². The third-order valence-corrected chi connectivity index (χ3v) is 4.57. The summed E-state index contributed by atoms with van der Waals surface area (Å²) in [5, 5.41) is 9.61. The lowest BCUT2D eigenvalue weighted by atomic mass is 10.1. The Morgan fingerprint density at radius 1 is 1.37 bits per heavy atom. The molecule has 1 aromatic heterocycles. The Morgan fingerprint density at radius 2 is 2.15 bits per heavy atom. The van der Waals surface area contributed by atoms with Crippen LogP contribution in [0.1, 0.15) is 26.1 Å². The molecule has 144 valence electrons. The molecule has 0 saturated carbocycles. The molecule has 2 amide bonds. The van der Waals surface area contributed by atoms with Crippen LogP contribution in [0.25, 0.3) is 11.5 Å². The number of hydrogen-bond acceptors (Lipinski definition) is 6. The maximum absolute atomic E-state index is 12.3. The van der Waals surface area contributed by atoms with Gasteiger partial charge in [0.1, 0.15) is 0 Å². The number of hydrogen-bond donors (Lipinski definition) is 2. The molecule has 1 fully saturated rings. The van der Waals surface area contributed by atoms with Crippen LogP contribution in [0.4, 0.5) is 0 Å². The smallest absolute Gasteiger partial charge is 0.257 e. The maximum Gasteiger partial charge on any atom is 0.257 e. The molecule has 1 saturated heterocycles. The van der Waals surface area contributed by atoms with E-state index in [1.165, 1.54) is 0 Å². The summed E-state index contributed by atoms with van der Waals surface area (Å²) < 4.78 is 5.25. The quantitative estimate of drug-likeness (QED) is 0.753. The molecule has 2 heterocycles. The molecule has 1 aliphatic rings. The van der Waals surface area contributed by atoms with Gasteiger partial charge in [-0.05, 0) is 26.0 Å². The lowest BCUT2D eigenvalue weighted by Gasteiger charge is -2.37. The summed E-state index contributed by atoms with van der Waals surface area (Å²) in [6.07, 6.45) is 0.609. The zero-order valence-electron chi connectivity index (χ0n) is 15.6. The van der Waals surface area contributed by atoms with Gasteiger partial charge in [-0.25, -0.2) is 0 Å². The summed E-state index contributed by atoms with van der Waals surface area (Å²) in [6.45, 7) is 5.83. The van der Waals surface area contributed by atoms with Crippen molar-refractivity contribution in [3.8, 4) is 11.5 Å². The largest absolute Gasteiger partial charge is 0.356 e. The molecule has 8 nitrogen and oxygen atoms in total. The SMILES string of the molecule is CC(C)N1CCNC(=O)[C@H]1CC(=O)NCCc1noc(-c2ccccc2)n1. The molecule has 3 rings (SSSR count). The second-order valence-electron chi connectivity index (χ2n) is 6.82. The number of nitrogens with one attached hydrogen (secondary N) is 2. The van der Waals surface area contributed by atoms with Crippen LogP contribution in [-0.2, 0) is 16.0 Å². The highest BCUT2D eigenvalue weighted by molar-refractivity contribution is 5.88. The van der Waals surface area contributed by atoms with Crippen molar-refractivity contribution in [3.63, 3.8) is 0 Å². The number of carbonyl (C=O) groups excluding carboxylic acids is 2. The third-order valence-electron chi connectivity index (χ3n) is 4.57. The number of amides is 2. The van der Waals surface area contributed by atoms with Gasteiger partial charge in [0.25, 0.3) is 5.89 Å². The summed E-state index contributed by atoms with van der Waals surface area (Å²) >= 11 is 0. The van der Waals surface area contributed by atoms with E-state index in [1.807, 2.05) is 44.2 Å². The van der Waals surface area contributed by atoms with E-state index in [-0.39, 0.29) is 24.3 Å². The van der Waals surface area contributed by atoms with E-state index >= 15 is 0 Å².